The van der Waals surface area contributed by atoms with Crippen molar-refractivity contribution in [3.63, 3.8) is 0 Å². The highest BCUT2D eigenvalue weighted by Gasteiger charge is 2.32. The van der Waals surface area contributed by atoms with E-state index in [1.807, 2.05) is 0 Å². The molecule has 0 aliphatic heterocycles. The first-order chi connectivity index (χ1) is 10.0. The van der Waals surface area contributed by atoms with Gasteiger partial charge in [-0.25, -0.2) is 0 Å². The highest BCUT2D eigenvalue weighted by molar-refractivity contribution is 5.19. The molecule has 0 aromatic heterocycles. The van der Waals surface area contributed by atoms with Crippen molar-refractivity contribution in [3.05, 3.63) is 35.9 Å². The number of halogens is 3. The third-order valence-electron chi connectivity index (χ3n) is 2.93. The summed E-state index contributed by atoms with van der Waals surface area (Å²) >= 11 is 0. The van der Waals surface area contributed by atoms with E-state index in [-0.39, 0.29) is 0 Å². The molecule has 0 amide bonds. The van der Waals surface area contributed by atoms with Gasteiger partial charge in [0.1, 0.15) is 0 Å². The fraction of sp³-hybridized carbons (Fsp3) is 0.600. The van der Waals surface area contributed by atoms with E-state index in [1.54, 1.807) is 37.4 Å². The van der Waals surface area contributed by atoms with Gasteiger partial charge in [-0.2, -0.15) is 13.2 Å². The zero-order valence-corrected chi connectivity index (χ0v) is 12.2. The minimum absolute atomic E-state index is 0.475. The lowest BCUT2D eigenvalue weighted by Crippen LogP contribution is -2.28. The zero-order chi connectivity index (χ0) is 15.6. The molecule has 6 heteroatoms. The quantitative estimate of drug-likeness (QED) is 0.673. The minimum atomic E-state index is -4.19. The summed E-state index contributed by atoms with van der Waals surface area (Å²) in [6.07, 6.45) is -4.41. The van der Waals surface area contributed by atoms with Crippen LogP contribution in [0.2, 0.25) is 0 Å². The summed E-state index contributed by atoms with van der Waals surface area (Å²) in [5.74, 6) is 0. The monoisotopic (exact) mass is 305 g/mol. The summed E-state index contributed by atoms with van der Waals surface area (Å²) in [5.41, 5.74) is 0.648. The van der Waals surface area contributed by atoms with Crippen molar-refractivity contribution >= 4 is 0 Å². The first kappa shape index (κ1) is 17.9. The largest absolute Gasteiger partial charge is 0.390 e. The first-order valence-corrected chi connectivity index (χ1v) is 6.94. The zero-order valence-electron chi connectivity index (χ0n) is 12.2. The summed E-state index contributed by atoms with van der Waals surface area (Å²) in [7, 11) is 1.59. The topological polar surface area (TPSA) is 30.5 Å². The summed E-state index contributed by atoms with van der Waals surface area (Å²) in [6.45, 7) is 2.00. The molecule has 0 fully saturated rings. The predicted octanol–water partition coefficient (Wildman–Crippen LogP) is 3.32. The molecule has 1 N–H and O–H groups in total. The molecule has 0 bridgehead atoms. The maximum absolute atomic E-state index is 12.6. The number of benzene rings is 1. The lowest BCUT2D eigenvalue weighted by atomic mass is 10.0. The van der Waals surface area contributed by atoms with Crippen molar-refractivity contribution in [1.82, 2.24) is 5.32 Å². The van der Waals surface area contributed by atoms with Gasteiger partial charge in [0.05, 0.1) is 19.6 Å². The van der Waals surface area contributed by atoms with E-state index >= 15 is 0 Å². The van der Waals surface area contributed by atoms with Crippen LogP contribution in [-0.2, 0) is 9.47 Å². The van der Waals surface area contributed by atoms with Crippen LogP contribution in [0.3, 0.4) is 0 Å². The van der Waals surface area contributed by atoms with Gasteiger partial charge in [0.2, 0.25) is 0 Å². The van der Waals surface area contributed by atoms with Crippen LogP contribution >= 0.6 is 0 Å². The van der Waals surface area contributed by atoms with Crippen molar-refractivity contribution in [2.75, 3.05) is 33.5 Å². The average Bonchev–Trinajstić information content (AvgIpc) is 2.45. The molecule has 1 unspecified atom stereocenters. The second kappa shape index (κ2) is 9.76. The van der Waals surface area contributed by atoms with E-state index in [9.17, 15) is 13.2 Å². The number of rotatable bonds is 10. The van der Waals surface area contributed by atoms with E-state index in [0.29, 0.717) is 38.3 Å². The number of methoxy groups -OCH3 is 1. The second-order valence-corrected chi connectivity index (χ2v) is 4.70. The number of nitrogens with one attached hydrogen (secondary N) is 1. The predicted molar refractivity (Wildman–Crippen MR) is 75.2 cm³/mol. The molecule has 0 radical (unpaired) electrons. The molecule has 1 aromatic rings. The minimum Gasteiger partial charge on any atom is -0.382 e. The molecule has 1 rings (SSSR count). The maximum Gasteiger partial charge on any atom is 0.390 e. The third kappa shape index (κ3) is 8.70. The van der Waals surface area contributed by atoms with Crippen molar-refractivity contribution in [1.29, 1.82) is 0 Å². The number of alkyl halides is 3. The normalized spacial score (nSPS) is 13.3. The van der Waals surface area contributed by atoms with Crippen LogP contribution in [0.15, 0.2) is 30.3 Å². The van der Waals surface area contributed by atoms with E-state index < -0.39 is 18.6 Å². The van der Waals surface area contributed by atoms with Crippen LogP contribution < -0.4 is 5.32 Å². The van der Waals surface area contributed by atoms with Crippen molar-refractivity contribution in [3.8, 4) is 0 Å². The molecule has 0 aliphatic rings. The van der Waals surface area contributed by atoms with Gasteiger partial charge in [0.25, 0.3) is 0 Å². The summed E-state index contributed by atoms with van der Waals surface area (Å²) in [4.78, 5) is 0. The Hall–Kier alpha value is -1.11. The fourth-order valence-electron chi connectivity index (χ4n) is 1.92. The van der Waals surface area contributed by atoms with Crippen LogP contribution in [-0.4, -0.2) is 39.7 Å². The standard InChI is InChI=1S/C15H22F3NO2/c1-20-10-11-21-9-5-8-19-14(12-15(16,17)18)13-6-3-2-4-7-13/h2-4,6-7,14,19H,5,8-12H2,1H3. The van der Waals surface area contributed by atoms with E-state index in [4.69, 9.17) is 9.47 Å². The second-order valence-electron chi connectivity index (χ2n) is 4.70. The van der Waals surface area contributed by atoms with Gasteiger partial charge in [-0.05, 0) is 18.5 Å². The number of hydrogen-bond donors (Lipinski definition) is 1. The molecule has 0 aliphatic carbocycles. The molecule has 1 aromatic carbocycles. The number of ether oxygens (including phenoxy) is 2. The van der Waals surface area contributed by atoms with Gasteiger partial charge >= 0.3 is 6.18 Å². The molecule has 0 saturated heterocycles. The summed E-state index contributed by atoms with van der Waals surface area (Å²) in [5, 5.41) is 2.95. The van der Waals surface area contributed by atoms with E-state index in [2.05, 4.69) is 5.32 Å². The highest BCUT2D eigenvalue weighted by atomic mass is 19.4. The van der Waals surface area contributed by atoms with Crippen LogP contribution in [0.5, 0.6) is 0 Å². The average molecular weight is 305 g/mol. The van der Waals surface area contributed by atoms with E-state index in [1.165, 1.54) is 0 Å². The molecule has 1 atom stereocenters. The van der Waals surface area contributed by atoms with Crippen molar-refractivity contribution in [2.24, 2.45) is 0 Å². The van der Waals surface area contributed by atoms with Gasteiger partial charge in [0, 0.05) is 19.8 Å². The Morgan fingerprint density at radius 1 is 1.10 bits per heavy atom. The maximum atomic E-state index is 12.6. The van der Waals surface area contributed by atoms with Gasteiger partial charge in [-0.15, -0.1) is 0 Å². The Bertz CT molecular complexity index is 371. The highest BCUT2D eigenvalue weighted by Crippen LogP contribution is 2.29. The van der Waals surface area contributed by atoms with Crippen molar-refractivity contribution in [2.45, 2.75) is 25.1 Å². The van der Waals surface area contributed by atoms with Gasteiger partial charge in [-0.3, -0.25) is 0 Å². The SMILES string of the molecule is COCCOCCCNC(CC(F)(F)F)c1ccccc1. The van der Waals surface area contributed by atoms with Gasteiger partial charge < -0.3 is 14.8 Å². The van der Waals surface area contributed by atoms with Crippen LogP contribution in [0, 0.1) is 0 Å². The lowest BCUT2D eigenvalue weighted by Gasteiger charge is -2.20. The Balaban J connectivity index is 2.37. The molecule has 3 nitrogen and oxygen atoms in total. The van der Waals surface area contributed by atoms with Crippen LogP contribution in [0.25, 0.3) is 0 Å². The fourth-order valence-corrected chi connectivity index (χ4v) is 1.92. The molecular formula is C15H22F3NO2. The van der Waals surface area contributed by atoms with Crippen LogP contribution in [0.1, 0.15) is 24.4 Å². The molecule has 0 spiro atoms. The molecule has 120 valence electrons. The summed E-state index contributed by atoms with van der Waals surface area (Å²) < 4.78 is 48.0. The Morgan fingerprint density at radius 3 is 2.43 bits per heavy atom. The van der Waals surface area contributed by atoms with Gasteiger partial charge in [-0.1, -0.05) is 30.3 Å². The summed E-state index contributed by atoms with van der Waals surface area (Å²) in [6, 6.07) is 7.97. The van der Waals surface area contributed by atoms with Crippen molar-refractivity contribution < 1.29 is 22.6 Å². The Labute approximate surface area is 123 Å². The van der Waals surface area contributed by atoms with Crippen LogP contribution in [0.4, 0.5) is 13.2 Å². The first-order valence-electron chi connectivity index (χ1n) is 6.94. The molecule has 21 heavy (non-hydrogen) atoms. The number of hydrogen-bond acceptors (Lipinski definition) is 3. The Morgan fingerprint density at radius 2 is 1.81 bits per heavy atom. The molecular weight excluding hydrogens is 283 g/mol. The lowest BCUT2D eigenvalue weighted by molar-refractivity contribution is -0.140. The van der Waals surface area contributed by atoms with E-state index in [0.717, 1.165) is 0 Å². The Kier molecular flexibility index (Phi) is 8.34. The molecule has 0 heterocycles. The van der Waals surface area contributed by atoms with Gasteiger partial charge in [0.15, 0.2) is 0 Å². The third-order valence-corrected chi connectivity index (χ3v) is 2.93. The smallest absolute Gasteiger partial charge is 0.382 e. The molecule has 0 saturated carbocycles.